The molecule has 0 bridgehead atoms. The Morgan fingerprint density at radius 2 is 1.82 bits per heavy atom. The zero-order chi connectivity index (χ0) is 12.1. The molecule has 0 spiro atoms. The summed E-state index contributed by atoms with van der Waals surface area (Å²) in [6.07, 6.45) is 3.97. The van der Waals surface area contributed by atoms with Crippen LogP contribution in [-0.4, -0.2) is 17.0 Å². The topological polar surface area (TPSA) is 34.0 Å². The summed E-state index contributed by atoms with van der Waals surface area (Å²) in [5, 5.41) is 2.90. The number of hydrogen-bond donors (Lipinski definition) is 1. The molecule has 0 saturated carbocycles. The summed E-state index contributed by atoms with van der Waals surface area (Å²) in [4.78, 5) is 11.8. The number of carbonyl (C=O) groups excluding carboxylic acids is 1. The minimum absolute atomic E-state index is 0.0165. The molecule has 0 fully saturated rings. The fraction of sp³-hybridized carbons (Fsp3) is 0.214. The van der Waals surface area contributed by atoms with E-state index >= 15 is 0 Å². The molecule has 0 radical (unpaired) electrons. The van der Waals surface area contributed by atoms with Crippen LogP contribution in [0.15, 0.2) is 48.8 Å². The van der Waals surface area contributed by atoms with E-state index in [1.54, 1.807) is 0 Å². The number of aromatic nitrogens is 1. The van der Waals surface area contributed by atoms with Crippen LogP contribution in [0.2, 0.25) is 0 Å². The molecule has 88 valence electrons. The predicted octanol–water partition coefficient (Wildman–Crippen LogP) is 2.23. The molecule has 1 aromatic carbocycles. The SMILES string of the molecule is Cc1ccc(C(=O)NCCn2cccc2)cc1. The predicted molar refractivity (Wildman–Crippen MR) is 67.9 cm³/mol. The third-order valence-corrected chi connectivity index (χ3v) is 2.64. The molecular formula is C14H16N2O. The van der Waals surface area contributed by atoms with Gasteiger partial charge in [-0.1, -0.05) is 17.7 Å². The van der Waals surface area contributed by atoms with Crippen LogP contribution < -0.4 is 5.32 Å². The highest BCUT2D eigenvalue weighted by Gasteiger charge is 2.03. The number of nitrogens with one attached hydrogen (secondary N) is 1. The summed E-state index contributed by atoms with van der Waals surface area (Å²) in [5.41, 5.74) is 1.87. The van der Waals surface area contributed by atoms with Gasteiger partial charge in [0.2, 0.25) is 0 Å². The first-order valence-corrected chi connectivity index (χ1v) is 5.71. The van der Waals surface area contributed by atoms with E-state index in [0.717, 1.165) is 12.1 Å². The molecule has 2 rings (SSSR count). The largest absolute Gasteiger partial charge is 0.353 e. The van der Waals surface area contributed by atoms with Crippen LogP contribution in [0, 0.1) is 6.92 Å². The van der Waals surface area contributed by atoms with Gasteiger partial charge in [-0.05, 0) is 31.2 Å². The third-order valence-electron chi connectivity index (χ3n) is 2.64. The highest BCUT2D eigenvalue weighted by molar-refractivity contribution is 5.94. The van der Waals surface area contributed by atoms with Crippen molar-refractivity contribution in [1.29, 1.82) is 0 Å². The summed E-state index contributed by atoms with van der Waals surface area (Å²) >= 11 is 0. The first-order valence-electron chi connectivity index (χ1n) is 5.71. The van der Waals surface area contributed by atoms with Crippen LogP contribution in [0.1, 0.15) is 15.9 Å². The molecule has 1 N–H and O–H groups in total. The first kappa shape index (κ1) is 11.5. The molecular weight excluding hydrogens is 212 g/mol. The fourth-order valence-electron chi connectivity index (χ4n) is 1.62. The van der Waals surface area contributed by atoms with Crippen LogP contribution in [0.25, 0.3) is 0 Å². The average Bonchev–Trinajstić information content (AvgIpc) is 2.83. The van der Waals surface area contributed by atoms with Crippen LogP contribution in [-0.2, 0) is 6.54 Å². The number of rotatable bonds is 4. The van der Waals surface area contributed by atoms with Crippen LogP contribution in [0.5, 0.6) is 0 Å². The Hall–Kier alpha value is -2.03. The molecule has 1 heterocycles. The van der Waals surface area contributed by atoms with Crippen molar-refractivity contribution >= 4 is 5.91 Å². The highest BCUT2D eigenvalue weighted by atomic mass is 16.1. The van der Waals surface area contributed by atoms with Crippen molar-refractivity contribution in [3.05, 3.63) is 59.9 Å². The molecule has 0 saturated heterocycles. The number of benzene rings is 1. The van der Waals surface area contributed by atoms with Crippen molar-refractivity contribution in [2.45, 2.75) is 13.5 Å². The Bertz CT molecular complexity index is 471. The molecule has 2 aromatic rings. The van der Waals surface area contributed by atoms with Gasteiger partial charge in [0, 0.05) is 31.0 Å². The lowest BCUT2D eigenvalue weighted by Gasteiger charge is -2.06. The number of hydrogen-bond acceptors (Lipinski definition) is 1. The monoisotopic (exact) mass is 228 g/mol. The summed E-state index contributed by atoms with van der Waals surface area (Å²) in [5.74, 6) is -0.0165. The maximum absolute atomic E-state index is 11.8. The minimum atomic E-state index is -0.0165. The highest BCUT2D eigenvalue weighted by Crippen LogP contribution is 2.02. The lowest BCUT2D eigenvalue weighted by Crippen LogP contribution is -2.26. The van der Waals surface area contributed by atoms with E-state index < -0.39 is 0 Å². The van der Waals surface area contributed by atoms with Crippen molar-refractivity contribution in [3.63, 3.8) is 0 Å². The molecule has 0 aliphatic heterocycles. The van der Waals surface area contributed by atoms with Crippen LogP contribution >= 0.6 is 0 Å². The number of amides is 1. The molecule has 3 heteroatoms. The van der Waals surface area contributed by atoms with Gasteiger partial charge in [-0.3, -0.25) is 4.79 Å². The maximum Gasteiger partial charge on any atom is 0.251 e. The third kappa shape index (κ3) is 3.21. The molecule has 1 aromatic heterocycles. The smallest absolute Gasteiger partial charge is 0.251 e. The van der Waals surface area contributed by atoms with Gasteiger partial charge in [0.1, 0.15) is 0 Å². The molecule has 1 amide bonds. The summed E-state index contributed by atoms with van der Waals surface area (Å²) in [7, 11) is 0. The summed E-state index contributed by atoms with van der Waals surface area (Å²) < 4.78 is 2.04. The van der Waals surface area contributed by atoms with E-state index in [1.807, 2.05) is 60.3 Å². The zero-order valence-electron chi connectivity index (χ0n) is 9.89. The van der Waals surface area contributed by atoms with Gasteiger partial charge in [-0.15, -0.1) is 0 Å². The Morgan fingerprint density at radius 1 is 1.18 bits per heavy atom. The standard InChI is InChI=1S/C14H16N2O/c1-12-4-6-13(7-5-12)14(17)15-8-11-16-9-2-3-10-16/h2-7,9-10H,8,11H2,1H3,(H,15,17). The van der Waals surface area contributed by atoms with Crippen molar-refractivity contribution in [2.75, 3.05) is 6.54 Å². The van der Waals surface area contributed by atoms with Gasteiger partial charge < -0.3 is 9.88 Å². The Kier molecular flexibility index (Phi) is 3.60. The molecule has 0 aliphatic carbocycles. The van der Waals surface area contributed by atoms with E-state index in [9.17, 15) is 4.79 Å². The molecule has 17 heavy (non-hydrogen) atoms. The Morgan fingerprint density at radius 3 is 2.47 bits per heavy atom. The van der Waals surface area contributed by atoms with E-state index in [-0.39, 0.29) is 5.91 Å². The van der Waals surface area contributed by atoms with Gasteiger partial charge in [0.05, 0.1) is 0 Å². The Balaban J connectivity index is 1.83. The summed E-state index contributed by atoms with van der Waals surface area (Å²) in [6, 6.07) is 11.5. The van der Waals surface area contributed by atoms with Crippen LogP contribution in [0.4, 0.5) is 0 Å². The zero-order valence-corrected chi connectivity index (χ0v) is 9.89. The van der Waals surface area contributed by atoms with E-state index in [0.29, 0.717) is 12.1 Å². The van der Waals surface area contributed by atoms with Crippen molar-refractivity contribution < 1.29 is 4.79 Å². The van der Waals surface area contributed by atoms with E-state index in [1.165, 1.54) is 0 Å². The second-order valence-electron chi connectivity index (χ2n) is 4.04. The number of nitrogens with zero attached hydrogens (tertiary/aromatic N) is 1. The van der Waals surface area contributed by atoms with Gasteiger partial charge in [0.25, 0.3) is 5.91 Å². The first-order chi connectivity index (χ1) is 8.25. The van der Waals surface area contributed by atoms with Gasteiger partial charge in [-0.25, -0.2) is 0 Å². The van der Waals surface area contributed by atoms with Crippen molar-refractivity contribution in [1.82, 2.24) is 9.88 Å². The molecule has 0 unspecified atom stereocenters. The molecule has 0 atom stereocenters. The minimum Gasteiger partial charge on any atom is -0.353 e. The fourth-order valence-corrected chi connectivity index (χ4v) is 1.62. The average molecular weight is 228 g/mol. The number of carbonyl (C=O) groups is 1. The lowest BCUT2D eigenvalue weighted by atomic mass is 10.1. The van der Waals surface area contributed by atoms with Crippen LogP contribution in [0.3, 0.4) is 0 Å². The van der Waals surface area contributed by atoms with Gasteiger partial charge in [0.15, 0.2) is 0 Å². The quantitative estimate of drug-likeness (QED) is 0.855. The van der Waals surface area contributed by atoms with E-state index in [2.05, 4.69) is 5.32 Å². The second kappa shape index (κ2) is 5.34. The number of aryl methyl sites for hydroxylation is 1. The Labute approximate surface area is 101 Å². The summed E-state index contributed by atoms with van der Waals surface area (Å²) in [6.45, 7) is 3.44. The lowest BCUT2D eigenvalue weighted by molar-refractivity contribution is 0.0952. The maximum atomic E-state index is 11.8. The molecule has 0 aliphatic rings. The van der Waals surface area contributed by atoms with Gasteiger partial charge in [-0.2, -0.15) is 0 Å². The van der Waals surface area contributed by atoms with E-state index in [4.69, 9.17) is 0 Å². The van der Waals surface area contributed by atoms with Crippen molar-refractivity contribution in [3.8, 4) is 0 Å². The normalized spacial score (nSPS) is 10.2. The second-order valence-corrected chi connectivity index (χ2v) is 4.04. The van der Waals surface area contributed by atoms with Crippen molar-refractivity contribution in [2.24, 2.45) is 0 Å². The molecule has 3 nitrogen and oxygen atoms in total. The van der Waals surface area contributed by atoms with Gasteiger partial charge >= 0.3 is 0 Å².